The molecule has 9 heavy (non-hydrogen) atoms. The summed E-state index contributed by atoms with van der Waals surface area (Å²) in [7, 11) is 0. The van der Waals surface area contributed by atoms with Crippen molar-refractivity contribution in [3.8, 4) is 0 Å². The second kappa shape index (κ2) is 2.99. The molecule has 1 rings (SSSR count). The first-order valence-electron chi connectivity index (χ1n) is 3.13. The second-order valence-corrected chi connectivity index (χ2v) is 2.97. The van der Waals surface area contributed by atoms with E-state index >= 15 is 0 Å². The van der Waals surface area contributed by atoms with Gasteiger partial charge in [0.05, 0.1) is 0 Å². The molecular weight excluding hydrogens is 130 g/mol. The number of rotatable bonds is 2. The third kappa shape index (κ3) is 1.53. The Hall–Kier alpha value is -0.340. The van der Waals surface area contributed by atoms with Crippen LogP contribution in [0.2, 0.25) is 0 Å². The fraction of sp³-hybridized carbons (Fsp3) is 0.429. The molecule has 1 heterocycles. The molecule has 0 fully saturated rings. The highest BCUT2D eigenvalue weighted by atomic mass is 32.1. The van der Waals surface area contributed by atoms with Crippen LogP contribution < -0.4 is 5.73 Å². The number of aryl methyl sites for hydroxylation is 1. The lowest BCUT2D eigenvalue weighted by atomic mass is 10.3. The predicted octanol–water partition coefficient (Wildman–Crippen LogP) is 1.77. The Kier molecular flexibility index (Phi) is 2.25. The standard InChI is InChI=1S/C7H11NS/c1-2-7-3-6(4-8)5-9-7/h3,5H,2,4,8H2,1H3. The quantitative estimate of drug-likeness (QED) is 0.667. The summed E-state index contributed by atoms with van der Waals surface area (Å²) in [4.78, 5) is 1.43. The Balaban J connectivity index is 2.74. The van der Waals surface area contributed by atoms with Crippen LogP contribution in [-0.2, 0) is 13.0 Å². The van der Waals surface area contributed by atoms with Gasteiger partial charge in [0.15, 0.2) is 0 Å². The van der Waals surface area contributed by atoms with Gasteiger partial charge < -0.3 is 5.73 Å². The zero-order valence-corrected chi connectivity index (χ0v) is 6.37. The Bertz CT molecular complexity index is 162. The van der Waals surface area contributed by atoms with Gasteiger partial charge in [0, 0.05) is 11.4 Å². The van der Waals surface area contributed by atoms with Gasteiger partial charge in [-0.3, -0.25) is 0 Å². The summed E-state index contributed by atoms with van der Waals surface area (Å²) in [6.07, 6.45) is 1.13. The van der Waals surface area contributed by atoms with Gasteiger partial charge in [-0.2, -0.15) is 0 Å². The molecule has 0 unspecified atom stereocenters. The Morgan fingerprint density at radius 3 is 2.78 bits per heavy atom. The molecule has 0 saturated carbocycles. The van der Waals surface area contributed by atoms with E-state index in [1.165, 1.54) is 10.4 Å². The highest BCUT2D eigenvalue weighted by molar-refractivity contribution is 7.10. The van der Waals surface area contributed by atoms with Crippen LogP contribution in [0.1, 0.15) is 17.4 Å². The van der Waals surface area contributed by atoms with Gasteiger partial charge in [-0.25, -0.2) is 0 Å². The highest BCUT2D eigenvalue weighted by Crippen LogP contribution is 2.13. The summed E-state index contributed by atoms with van der Waals surface area (Å²) >= 11 is 1.79. The van der Waals surface area contributed by atoms with Gasteiger partial charge in [0.1, 0.15) is 0 Å². The van der Waals surface area contributed by atoms with Gasteiger partial charge in [-0.1, -0.05) is 6.92 Å². The normalized spacial score (nSPS) is 10.0. The zero-order valence-electron chi connectivity index (χ0n) is 5.55. The number of hydrogen-bond donors (Lipinski definition) is 1. The smallest absolute Gasteiger partial charge is 0.0186 e. The third-order valence-electron chi connectivity index (χ3n) is 1.29. The van der Waals surface area contributed by atoms with Crippen LogP contribution in [0.15, 0.2) is 11.4 Å². The maximum absolute atomic E-state index is 5.42. The lowest BCUT2D eigenvalue weighted by molar-refractivity contribution is 1.07. The summed E-state index contributed by atoms with van der Waals surface area (Å²) in [5.74, 6) is 0. The van der Waals surface area contributed by atoms with Crippen molar-refractivity contribution < 1.29 is 0 Å². The van der Waals surface area contributed by atoms with E-state index in [0.29, 0.717) is 6.54 Å². The topological polar surface area (TPSA) is 26.0 Å². The van der Waals surface area contributed by atoms with Crippen LogP contribution in [0.5, 0.6) is 0 Å². The summed E-state index contributed by atoms with van der Waals surface area (Å²) in [6.45, 7) is 2.84. The highest BCUT2D eigenvalue weighted by Gasteiger charge is 1.93. The average molecular weight is 141 g/mol. The predicted molar refractivity (Wildman–Crippen MR) is 41.6 cm³/mol. The summed E-state index contributed by atoms with van der Waals surface area (Å²) in [6, 6.07) is 2.17. The molecule has 0 spiro atoms. The van der Waals surface area contributed by atoms with Crippen molar-refractivity contribution in [2.24, 2.45) is 5.73 Å². The molecule has 0 atom stereocenters. The molecule has 1 nitrogen and oxygen atoms in total. The van der Waals surface area contributed by atoms with Crippen LogP contribution >= 0.6 is 11.3 Å². The SMILES string of the molecule is CCc1cc(CN)cs1. The van der Waals surface area contributed by atoms with Crippen molar-refractivity contribution in [1.82, 2.24) is 0 Å². The fourth-order valence-corrected chi connectivity index (χ4v) is 1.57. The van der Waals surface area contributed by atoms with Crippen LogP contribution in [-0.4, -0.2) is 0 Å². The molecule has 1 aromatic rings. The third-order valence-corrected chi connectivity index (χ3v) is 2.42. The second-order valence-electron chi connectivity index (χ2n) is 1.98. The van der Waals surface area contributed by atoms with Gasteiger partial charge in [-0.15, -0.1) is 11.3 Å². The van der Waals surface area contributed by atoms with E-state index in [1.807, 2.05) is 0 Å². The van der Waals surface area contributed by atoms with Crippen LogP contribution in [0, 0.1) is 0 Å². The van der Waals surface area contributed by atoms with Crippen molar-refractivity contribution in [3.63, 3.8) is 0 Å². The van der Waals surface area contributed by atoms with E-state index in [1.54, 1.807) is 11.3 Å². The van der Waals surface area contributed by atoms with Crippen molar-refractivity contribution in [3.05, 3.63) is 21.9 Å². The van der Waals surface area contributed by atoms with Crippen molar-refractivity contribution in [2.75, 3.05) is 0 Å². The molecule has 0 radical (unpaired) electrons. The van der Waals surface area contributed by atoms with Crippen molar-refractivity contribution in [2.45, 2.75) is 19.9 Å². The van der Waals surface area contributed by atoms with Gasteiger partial charge in [-0.05, 0) is 23.4 Å². The summed E-state index contributed by atoms with van der Waals surface area (Å²) in [5, 5.41) is 2.12. The fourth-order valence-electron chi connectivity index (χ4n) is 0.719. The minimum Gasteiger partial charge on any atom is -0.326 e. The lowest BCUT2D eigenvalue weighted by Crippen LogP contribution is -1.92. The zero-order chi connectivity index (χ0) is 6.69. The molecule has 0 bridgehead atoms. The van der Waals surface area contributed by atoms with E-state index in [9.17, 15) is 0 Å². The first-order chi connectivity index (χ1) is 4.36. The van der Waals surface area contributed by atoms with E-state index in [0.717, 1.165) is 6.42 Å². The Labute approximate surface area is 59.5 Å². The summed E-state index contributed by atoms with van der Waals surface area (Å²) in [5.41, 5.74) is 6.69. The molecule has 2 heteroatoms. The maximum atomic E-state index is 5.42. The molecule has 0 saturated heterocycles. The van der Waals surface area contributed by atoms with Crippen molar-refractivity contribution >= 4 is 11.3 Å². The lowest BCUT2D eigenvalue weighted by Gasteiger charge is -1.83. The molecule has 2 N–H and O–H groups in total. The molecule has 0 aliphatic rings. The number of nitrogens with two attached hydrogens (primary N) is 1. The molecule has 0 aliphatic heterocycles. The van der Waals surface area contributed by atoms with Gasteiger partial charge in [0.25, 0.3) is 0 Å². The van der Waals surface area contributed by atoms with E-state index in [2.05, 4.69) is 18.4 Å². The van der Waals surface area contributed by atoms with E-state index in [4.69, 9.17) is 5.73 Å². The molecule has 0 aliphatic carbocycles. The molecule has 0 amide bonds. The first-order valence-corrected chi connectivity index (χ1v) is 4.01. The maximum Gasteiger partial charge on any atom is 0.0186 e. The average Bonchev–Trinajstić information content (AvgIpc) is 2.34. The van der Waals surface area contributed by atoms with Crippen LogP contribution in [0.4, 0.5) is 0 Å². The largest absolute Gasteiger partial charge is 0.326 e. The minimum absolute atomic E-state index is 0.677. The Morgan fingerprint density at radius 2 is 2.44 bits per heavy atom. The molecular formula is C7H11NS. The number of thiophene rings is 1. The van der Waals surface area contributed by atoms with Gasteiger partial charge in [0.2, 0.25) is 0 Å². The van der Waals surface area contributed by atoms with E-state index in [-0.39, 0.29) is 0 Å². The monoisotopic (exact) mass is 141 g/mol. The van der Waals surface area contributed by atoms with Gasteiger partial charge >= 0.3 is 0 Å². The van der Waals surface area contributed by atoms with Crippen LogP contribution in [0.3, 0.4) is 0 Å². The van der Waals surface area contributed by atoms with Crippen molar-refractivity contribution in [1.29, 1.82) is 0 Å². The minimum atomic E-state index is 0.677. The van der Waals surface area contributed by atoms with Crippen LogP contribution in [0.25, 0.3) is 0 Å². The van der Waals surface area contributed by atoms with E-state index < -0.39 is 0 Å². The molecule has 1 aromatic heterocycles. The summed E-state index contributed by atoms with van der Waals surface area (Å²) < 4.78 is 0. The molecule has 50 valence electrons. The number of hydrogen-bond acceptors (Lipinski definition) is 2. The first kappa shape index (κ1) is 6.78. The Morgan fingerprint density at radius 1 is 1.67 bits per heavy atom. The molecule has 0 aromatic carbocycles.